The first-order valence-corrected chi connectivity index (χ1v) is 9.17. The van der Waals surface area contributed by atoms with E-state index >= 15 is 0 Å². The molecule has 2 N–H and O–H groups in total. The van der Waals surface area contributed by atoms with Gasteiger partial charge >= 0.3 is 0 Å². The average molecular weight is 421 g/mol. The number of anilines is 2. The van der Waals surface area contributed by atoms with Crippen molar-refractivity contribution < 1.29 is 9.47 Å². The zero-order valence-corrected chi connectivity index (χ0v) is 16.2. The molecular formula is C18H14Cl2N4O2S. The smallest absolute Gasteiger partial charge is 0.231 e. The number of hydrogen-bond donors (Lipinski definition) is 2. The normalized spacial score (nSPS) is 12.1. The fraction of sp³-hybridized carbons (Fsp3) is 0.111. The number of benzene rings is 2. The lowest BCUT2D eigenvalue weighted by molar-refractivity contribution is 0.174. The topological polar surface area (TPSA) is 60.3 Å². The molecule has 2 aromatic carbocycles. The van der Waals surface area contributed by atoms with Gasteiger partial charge in [0, 0.05) is 18.0 Å². The first kappa shape index (κ1) is 17.9. The van der Waals surface area contributed by atoms with Crippen LogP contribution in [0.2, 0.25) is 10.0 Å². The Hall–Kier alpha value is -2.48. The van der Waals surface area contributed by atoms with Crippen molar-refractivity contribution in [1.29, 1.82) is 0 Å². The van der Waals surface area contributed by atoms with E-state index in [2.05, 4.69) is 15.7 Å². The molecule has 0 spiro atoms. The van der Waals surface area contributed by atoms with Crippen LogP contribution in [0.4, 0.5) is 11.4 Å². The summed E-state index contributed by atoms with van der Waals surface area (Å²) >= 11 is 17.3. The van der Waals surface area contributed by atoms with Crippen LogP contribution in [0, 0.1) is 0 Å². The van der Waals surface area contributed by atoms with Crippen LogP contribution in [0.15, 0.2) is 48.8 Å². The number of rotatable bonds is 4. The molecule has 4 rings (SSSR count). The van der Waals surface area contributed by atoms with Crippen LogP contribution >= 0.6 is 35.4 Å². The van der Waals surface area contributed by atoms with Crippen LogP contribution in [0.25, 0.3) is 0 Å². The number of ether oxygens (including phenoxy) is 2. The molecule has 27 heavy (non-hydrogen) atoms. The van der Waals surface area contributed by atoms with Gasteiger partial charge in [-0.1, -0.05) is 29.3 Å². The molecule has 0 amide bonds. The minimum atomic E-state index is 0.236. The van der Waals surface area contributed by atoms with Crippen molar-refractivity contribution in [2.45, 2.75) is 6.54 Å². The predicted octanol–water partition coefficient (Wildman–Crippen LogP) is 4.78. The summed E-state index contributed by atoms with van der Waals surface area (Å²) in [7, 11) is 0. The van der Waals surface area contributed by atoms with Crippen molar-refractivity contribution >= 4 is 51.9 Å². The lowest BCUT2D eigenvalue weighted by atomic mass is 10.2. The summed E-state index contributed by atoms with van der Waals surface area (Å²) in [5.41, 5.74) is 2.58. The van der Waals surface area contributed by atoms with E-state index in [1.165, 1.54) is 0 Å². The molecular weight excluding hydrogens is 407 g/mol. The number of halogens is 2. The van der Waals surface area contributed by atoms with Gasteiger partial charge in [0.1, 0.15) is 0 Å². The summed E-state index contributed by atoms with van der Waals surface area (Å²) in [6, 6.07) is 11.0. The van der Waals surface area contributed by atoms with Gasteiger partial charge in [-0.3, -0.25) is 4.68 Å². The Morgan fingerprint density at radius 1 is 1.04 bits per heavy atom. The molecule has 0 bridgehead atoms. The SMILES string of the molecule is S=C(Nc1ccc2c(c1)OCO2)Nc1cnn(Cc2ccc(Cl)c(Cl)c2)c1. The molecule has 1 aromatic heterocycles. The van der Waals surface area contributed by atoms with Gasteiger partial charge in [0.25, 0.3) is 0 Å². The minimum absolute atomic E-state index is 0.236. The summed E-state index contributed by atoms with van der Waals surface area (Å²) in [5.74, 6) is 1.42. The van der Waals surface area contributed by atoms with Gasteiger partial charge in [0.15, 0.2) is 16.6 Å². The maximum Gasteiger partial charge on any atom is 0.231 e. The Labute approximate surface area is 171 Å². The lowest BCUT2D eigenvalue weighted by Crippen LogP contribution is -2.18. The molecule has 0 saturated heterocycles. The van der Waals surface area contributed by atoms with E-state index in [0.717, 1.165) is 22.7 Å². The maximum atomic E-state index is 6.05. The van der Waals surface area contributed by atoms with E-state index in [4.69, 9.17) is 44.9 Å². The lowest BCUT2D eigenvalue weighted by Gasteiger charge is -2.09. The fourth-order valence-corrected chi connectivity index (χ4v) is 3.16. The molecule has 0 atom stereocenters. The van der Waals surface area contributed by atoms with Crippen molar-refractivity contribution in [1.82, 2.24) is 9.78 Å². The number of thiocarbonyl (C=S) groups is 1. The molecule has 6 nitrogen and oxygen atoms in total. The summed E-state index contributed by atoms with van der Waals surface area (Å²) in [6.45, 7) is 0.806. The highest BCUT2D eigenvalue weighted by atomic mass is 35.5. The van der Waals surface area contributed by atoms with Crippen molar-refractivity contribution in [2.24, 2.45) is 0 Å². The highest BCUT2D eigenvalue weighted by molar-refractivity contribution is 7.80. The third-order valence-electron chi connectivity index (χ3n) is 3.85. The Morgan fingerprint density at radius 2 is 1.85 bits per heavy atom. The summed E-state index contributed by atoms with van der Waals surface area (Å²) < 4.78 is 12.4. The van der Waals surface area contributed by atoms with Gasteiger partial charge in [0.05, 0.1) is 28.5 Å². The van der Waals surface area contributed by atoms with Gasteiger partial charge in [-0.15, -0.1) is 0 Å². The van der Waals surface area contributed by atoms with Crippen LogP contribution < -0.4 is 20.1 Å². The number of hydrogen-bond acceptors (Lipinski definition) is 4. The number of fused-ring (bicyclic) bond motifs is 1. The molecule has 9 heteroatoms. The first-order valence-electron chi connectivity index (χ1n) is 8.01. The molecule has 1 aliphatic heterocycles. The van der Waals surface area contributed by atoms with E-state index in [9.17, 15) is 0 Å². The highest BCUT2D eigenvalue weighted by Crippen LogP contribution is 2.34. The van der Waals surface area contributed by atoms with Crippen LogP contribution in [-0.4, -0.2) is 21.7 Å². The molecule has 1 aliphatic rings. The minimum Gasteiger partial charge on any atom is -0.454 e. The third-order valence-corrected chi connectivity index (χ3v) is 4.79. The molecule has 0 saturated carbocycles. The highest BCUT2D eigenvalue weighted by Gasteiger charge is 2.13. The van der Waals surface area contributed by atoms with Crippen molar-refractivity contribution in [3.8, 4) is 11.5 Å². The molecule has 138 valence electrons. The monoisotopic (exact) mass is 420 g/mol. The Morgan fingerprint density at radius 3 is 2.70 bits per heavy atom. The van der Waals surface area contributed by atoms with Gasteiger partial charge in [0.2, 0.25) is 6.79 Å². The fourth-order valence-electron chi connectivity index (χ4n) is 2.61. The molecule has 0 unspecified atom stereocenters. The number of nitrogens with zero attached hydrogens (tertiary/aromatic N) is 2. The summed E-state index contributed by atoms with van der Waals surface area (Å²) in [5, 5.41) is 12.0. The van der Waals surface area contributed by atoms with E-state index in [1.54, 1.807) is 16.9 Å². The molecule has 2 heterocycles. The van der Waals surface area contributed by atoms with E-state index in [-0.39, 0.29) is 6.79 Å². The van der Waals surface area contributed by atoms with Crippen molar-refractivity contribution in [2.75, 3.05) is 17.4 Å². The molecule has 0 radical (unpaired) electrons. The second kappa shape index (κ2) is 7.64. The molecule has 3 aromatic rings. The summed E-state index contributed by atoms with van der Waals surface area (Å²) in [6.07, 6.45) is 3.56. The zero-order chi connectivity index (χ0) is 18.8. The second-order valence-electron chi connectivity index (χ2n) is 5.82. The maximum absolute atomic E-state index is 6.05. The summed E-state index contributed by atoms with van der Waals surface area (Å²) in [4.78, 5) is 0. The van der Waals surface area contributed by atoms with Gasteiger partial charge in [-0.05, 0) is 42.0 Å². The van der Waals surface area contributed by atoms with Crippen LogP contribution in [-0.2, 0) is 6.54 Å². The van der Waals surface area contributed by atoms with Crippen molar-refractivity contribution in [3.05, 3.63) is 64.4 Å². The zero-order valence-electron chi connectivity index (χ0n) is 13.9. The molecule has 0 aliphatic carbocycles. The standard InChI is InChI=1S/C18H14Cl2N4O2S/c19-14-3-1-11(5-15(14)20)8-24-9-13(7-21-24)23-18(27)22-12-2-4-16-17(6-12)26-10-25-16/h1-7,9H,8,10H2,(H2,22,23,27). The van der Waals surface area contributed by atoms with Crippen LogP contribution in [0.5, 0.6) is 11.5 Å². The Balaban J connectivity index is 1.37. The van der Waals surface area contributed by atoms with E-state index < -0.39 is 0 Å². The van der Waals surface area contributed by atoms with Gasteiger partial charge in [-0.25, -0.2) is 0 Å². The van der Waals surface area contributed by atoms with Crippen molar-refractivity contribution in [3.63, 3.8) is 0 Å². The van der Waals surface area contributed by atoms with E-state index in [1.807, 2.05) is 36.5 Å². The van der Waals surface area contributed by atoms with Crippen LogP contribution in [0.1, 0.15) is 5.56 Å². The second-order valence-corrected chi connectivity index (χ2v) is 7.04. The predicted molar refractivity (Wildman–Crippen MR) is 110 cm³/mol. The quantitative estimate of drug-likeness (QED) is 0.592. The first-order chi connectivity index (χ1) is 13.1. The number of aromatic nitrogens is 2. The van der Waals surface area contributed by atoms with Crippen LogP contribution in [0.3, 0.4) is 0 Å². The average Bonchev–Trinajstić information content (AvgIpc) is 3.27. The molecule has 0 fully saturated rings. The number of nitrogens with one attached hydrogen (secondary N) is 2. The van der Waals surface area contributed by atoms with Gasteiger partial charge < -0.3 is 20.1 Å². The largest absolute Gasteiger partial charge is 0.454 e. The third kappa shape index (κ3) is 4.27. The Kier molecular flexibility index (Phi) is 5.07. The van der Waals surface area contributed by atoms with E-state index in [0.29, 0.717) is 27.5 Å². The Bertz CT molecular complexity index is 1010. The van der Waals surface area contributed by atoms with Gasteiger partial charge in [-0.2, -0.15) is 5.10 Å².